The van der Waals surface area contributed by atoms with Crippen LogP contribution in [-0.4, -0.2) is 10.2 Å². The summed E-state index contributed by atoms with van der Waals surface area (Å²) in [5.41, 5.74) is 2.66. The van der Waals surface area contributed by atoms with Crippen molar-refractivity contribution in [2.45, 2.75) is 0 Å². The smallest absolute Gasteiger partial charge is 0.112 e. The summed E-state index contributed by atoms with van der Waals surface area (Å²) < 4.78 is 0. The molecule has 0 radical (unpaired) electrons. The maximum Gasteiger partial charge on any atom is 0.112 e. The van der Waals surface area contributed by atoms with Crippen LogP contribution in [0.2, 0.25) is 5.02 Å². The molecule has 3 heteroatoms. The molecule has 82 valence electrons. The number of aromatic nitrogens is 2. The normalized spacial score (nSPS) is 10.6. The Morgan fingerprint density at radius 1 is 0.824 bits per heavy atom. The molecule has 0 fully saturated rings. The molecule has 0 aliphatic heterocycles. The molecule has 1 aromatic heterocycles. The van der Waals surface area contributed by atoms with Crippen LogP contribution in [0.1, 0.15) is 0 Å². The van der Waals surface area contributed by atoms with E-state index >= 15 is 0 Å². The van der Waals surface area contributed by atoms with Gasteiger partial charge in [0.25, 0.3) is 0 Å². The number of hydrogen-bond acceptors (Lipinski definition) is 2. The first-order valence-corrected chi connectivity index (χ1v) is 5.70. The van der Waals surface area contributed by atoms with Crippen LogP contribution in [0.15, 0.2) is 54.6 Å². The molecule has 17 heavy (non-hydrogen) atoms. The molecular weight excluding hydrogens is 232 g/mol. The lowest BCUT2D eigenvalue weighted by atomic mass is 10.1. The molecule has 0 spiro atoms. The van der Waals surface area contributed by atoms with E-state index in [4.69, 9.17) is 11.6 Å². The number of halogens is 1. The van der Waals surface area contributed by atoms with Gasteiger partial charge in [-0.25, -0.2) is 0 Å². The summed E-state index contributed by atoms with van der Waals surface area (Å²) in [5, 5.41) is 10.0. The molecular formula is C14H9ClN2. The summed E-state index contributed by atoms with van der Waals surface area (Å²) >= 11 is 6.05. The Morgan fingerprint density at radius 3 is 2.47 bits per heavy atom. The zero-order chi connectivity index (χ0) is 11.7. The number of hydrogen-bond donors (Lipinski definition) is 0. The highest BCUT2D eigenvalue weighted by atomic mass is 35.5. The highest BCUT2D eigenvalue weighted by Crippen LogP contribution is 2.24. The first kappa shape index (κ1) is 10.2. The van der Waals surface area contributed by atoms with Gasteiger partial charge in [0.15, 0.2) is 0 Å². The summed E-state index contributed by atoms with van der Waals surface area (Å²) in [5.74, 6) is 0. The Labute approximate surface area is 104 Å². The maximum absolute atomic E-state index is 6.05. The van der Waals surface area contributed by atoms with Gasteiger partial charge in [0.1, 0.15) is 5.52 Å². The quantitative estimate of drug-likeness (QED) is 0.644. The molecule has 2 nitrogen and oxygen atoms in total. The van der Waals surface area contributed by atoms with Gasteiger partial charge in [-0.2, -0.15) is 0 Å². The van der Waals surface area contributed by atoms with Gasteiger partial charge in [0, 0.05) is 10.9 Å². The summed E-state index contributed by atoms with van der Waals surface area (Å²) in [6.07, 6.45) is 0. The molecule has 0 aliphatic carbocycles. The molecule has 0 saturated heterocycles. The minimum atomic E-state index is 0.634. The van der Waals surface area contributed by atoms with E-state index in [0.717, 1.165) is 22.2 Å². The van der Waals surface area contributed by atoms with E-state index < -0.39 is 0 Å². The summed E-state index contributed by atoms with van der Waals surface area (Å²) in [7, 11) is 0. The van der Waals surface area contributed by atoms with Crippen molar-refractivity contribution >= 4 is 22.5 Å². The second-order valence-electron chi connectivity index (χ2n) is 3.77. The monoisotopic (exact) mass is 240 g/mol. The van der Waals surface area contributed by atoms with E-state index in [0.29, 0.717) is 5.02 Å². The highest BCUT2D eigenvalue weighted by molar-refractivity contribution is 6.35. The first-order valence-electron chi connectivity index (χ1n) is 5.32. The van der Waals surface area contributed by atoms with Crippen LogP contribution < -0.4 is 0 Å². The number of nitrogens with zero attached hydrogens (tertiary/aromatic N) is 2. The molecule has 2 aromatic carbocycles. The standard InChI is InChI=1S/C14H9ClN2/c15-12-8-4-7-11-9-13(16-17-14(11)12)10-5-2-1-3-6-10/h1-9H. The Kier molecular flexibility index (Phi) is 2.50. The predicted octanol–water partition coefficient (Wildman–Crippen LogP) is 3.95. The fourth-order valence-corrected chi connectivity index (χ4v) is 2.00. The molecule has 0 N–H and O–H groups in total. The lowest BCUT2D eigenvalue weighted by Crippen LogP contribution is -1.89. The maximum atomic E-state index is 6.05. The zero-order valence-corrected chi connectivity index (χ0v) is 9.72. The fraction of sp³-hybridized carbons (Fsp3) is 0. The van der Waals surface area contributed by atoms with E-state index in [2.05, 4.69) is 10.2 Å². The third kappa shape index (κ3) is 1.87. The van der Waals surface area contributed by atoms with Crippen molar-refractivity contribution in [3.8, 4) is 11.3 Å². The van der Waals surface area contributed by atoms with Gasteiger partial charge in [-0.1, -0.05) is 54.1 Å². The van der Waals surface area contributed by atoms with Crippen molar-refractivity contribution in [3.63, 3.8) is 0 Å². The lowest BCUT2D eigenvalue weighted by Gasteiger charge is -2.02. The molecule has 0 bridgehead atoms. The van der Waals surface area contributed by atoms with Crippen molar-refractivity contribution < 1.29 is 0 Å². The average Bonchev–Trinajstić information content (AvgIpc) is 2.40. The van der Waals surface area contributed by atoms with E-state index in [-0.39, 0.29) is 0 Å². The molecule has 0 amide bonds. The fourth-order valence-electron chi connectivity index (χ4n) is 1.78. The first-order chi connectivity index (χ1) is 8.34. The second kappa shape index (κ2) is 4.15. The molecule has 0 aliphatic rings. The molecule has 3 rings (SSSR count). The van der Waals surface area contributed by atoms with Gasteiger partial charge in [-0.05, 0) is 12.1 Å². The average molecular weight is 241 g/mol. The summed E-state index contributed by atoms with van der Waals surface area (Å²) in [4.78, 5) is 0. The molecule has 0 unspecified atom stereocenters. The third-order valence-corrected chi connectivity index (χ3v) is 2.94. The van der Waals surface area contributed by atoms with Gasteiger partial charge >= 0.3 is 0 Å². The Morgan fingerprint density at radius 2 is 1.65 bits per heavy atom. The molecule has 3 aromatic rings. The van der Waals surface area contributed by atoms with Crippen molar-refractivity contribution in [1.29, 1.82) is 0 Å². The van der Waals surface area contributed by atoms with Gasteiger partial charge in [-0.3, -0.25) is 0 Å². The topological polar surface area (TPSA) is 25.8 Å². The Bertz CT molecular complexity index is 665. The largest absolute Gasteiger partial charge is 0.150 e. The van der Waals surface area contributed by atoms with Crippen LogP contribution in [0.25, 0.3) is 22.2 Å². The van der Waals surface area contributed by atoms with E-state index in [1.807, 2.05) is 54.6 Å². The van der Waals surface area contributed by atoms with Gasteiger partial charge in [-0.15, -0.1) is 10.2 Å². The van der Waals surface area contributed by atoms with Crippen LogP contribution in [0, 0.1) is 0 Å². The summed E-state index contributed by atoms with van der Waals surface area (Å²) in [6, 6.07) is 17.7. The van der Waals surface area contributed by atoms with Crippen LogP contribution in [0.5, 0.6) is 0 Å². The molecule has 0 saturated carbocycles. The number of rotatable bonds is 1. The Balaban J connectivity index is 2.21. The van der Waals surface area contributed by atoms with Crippen molar-refractivity contribution in [1.82, 2.24) is 10.2 Å². The van der Waals surface area contributed by atoms with E-state index in [9.17, 15) is 0 Å². The third-order valence-electron chi connectivity index (χ3n) is 2.64. The van der Waals surface area contributed by atoms with Crippen molar-refractivity contribution in [2.24, 2.45) is 0 Å². The van der Waals surface area contributed by atoms with Crippen LogP contribution >= 0.6 is 11.6 Å². The number of fused-ring (bicyclic) bond motifs is 1. The highest BCUT2D eigenvalue weighted by Gasteiger charge is 2.04. The minimum absolute atomic E-state index is 0.634. The SMILES string of the molecule is Clc1cccc2cc(-c3ccccc3)nnc12. The van der Waals surface area contributed by atoms with Crippen molar-refractivity contribution in [3.05, 3.63) is 59.6 Å². The van der Waals surface area contributed by atoms with E-state index in [1.165, 1.54) is 0 Å². The lowest BCUT2D eigenvalue weighted by molar-refractivity contribution is 1.08. The molecule has 0 atom stereocenters. The Hall–Kier alpha value is -1.93. The van der Waals surface area contributed by atoms with Gasteiger partial charge in [0.05, 0.1) is 10.7 Å². The summed E-state index contributed by atoms with van der Waals surface area (Å²) in [6.45, 7) is 0. The van der Waals surface area contributed by atoms with Gasteiger partial charge in [0.2, 0.25) is 0 Å². The minimum Gasteiger partial charge on any atom is -0.150 e. The van der Waals surface area contributed by atoms with E-state index in [1.54, 1.807) is 0 Å². The number of benzene rings is 2. The molecule has 1 heterocycles. The van der Waals surface area contributed by atoms with Crippen LogP contribution in [0.3, 0.4) is 0 Å². The van der Waals surface area contributed by atoms with Gasteiger partial charge < -0.3 is 0 Å². The van der Waals surface area contributed by atoms with Crippen LogP contribution in [-0.2, 0) is 0 Å². The van der Waals surface area contributed by atoms with Crippen LogP contribution in [0.4, 0.5) is 0 Å². The zero-order valence-electron chi connectivity index (χ0n) is 8.97. The van der Waals surface area contributed by atoms with Crippen molar-refractivity contribution in [2.75, 3.05) is 0 Å². The second-order valence-corrected chi connectivity index (χ2v) is 4.18. The predicted molar refractivity (Wildman–Crippen MR) is 70.0 cm³/mol.